The summed E-state index contributed by atoms with van der Waals surface area (Å²) in [7, 11) is 0. The third-order valence-corrected chi connectivity index (χ3v) is 2.86. The van der Waals surface area contributed by atoms with Crippen molar-refractivity contribution < 1.29 is 4.79 Å². The molecule has 14 heavy (non-hydrogen) atoms. The number of rotatable bonds is 4. The Hall–Kier alpha value is -1.23. The summed E-state index contributed by atoms with van der Waals surface area (Å²) in [5.41, 5.74) is 1.13. The van der Waals surface area contributed by atoms with E-state index in [4.69, 9.17) is 0 Å². The Morgan fingerprint density at radius 1 is 1.64 bits per heavy atom. The Bertz CT molecular complexity index is 299. The third kappa shape index (κ3) is 2.17. The monoisotopic (exact) mass is 211 g/mol. The van der Waals surface area contributed by atoms with E-state index in [1.54, 1.807) is 11.3 Å². The van der Waals surface area contributed by atoms with Gasteiger partial charge in [-0.05, 0) is 11.4 Å². The van der Waals surface area contributed by atoms with Gasteiger partial charge in [-0.1, -0.05) is 0 Å². The van der Waals surface area contributed by atoms with Gasteiger partial charge in [0.1, 0.15) is 0 Å². The van der Waals surface area contributed by atoms with Crippen LogP contribution < -0.4 is 10.6 Å². The Morgan fingerprint density at radius 2 is 2.57 bits per heavy atom. The van der Waals surface area contributed by atoms with E-state index in [1.165, 1.54) is 0 Å². The highest BCUT2D eigenvalue weighted by Gasteiger charge is 2.17. The van der Waals surface area contributed by atoms with Crippen LogP contribution in [0.1, 0.15) is 0 Å². The Kier molecular flexibility index (Phi) is 2.88. The van der Waals surface area contributed by atoms with Crippen LogP contribution >= 0.6 is 11.3 Å². The predicted octanol–water partition coefficient (Wildman–Crippen LogP) is 1.19. The number of hydrogen-bond acceptors (Lipinski definition) is 3. The number of nitrogens with one attached hydrogen (secondary N) is 2. The molecule has 1 saturated heterocycles. The molecule has 4 nitrogen and oxygen atoms in total. The fourth-order valence-corrected chi connectivity index (χ4v) is 2.04. The second kappa shape index (κ2) is 4.32. The minimum atomic E-state index is 0.0529. The van der Waals surface area contributed by atoms with Gasteiger partial charge in [0.05, 0.1) is 0 Å². The Labute approximate surface area is 86.9 Å². The zero-order valence-electron chi connectivity index (χ0n) is 7.82. The van der Waals surface area contributed by atoms with Gasteiger partial charge in [-0.3, -0.25) is 0 Å². The number of thiophene rings is 1. The standard InChI is InChI=1S/C9H13N3OS/c13-9-11-3-5-12(9)4-2-10-8-1-6-14-7-8/h1,6-7,10H,2-5H2,(H,11,13). The van der Waals surface area contributed by atoms with Crippen molar-refractivity contribution in [2.75, 3.05) is 31.5 Å². The summed E-state index contributed by atoms with van der Waals surface area (Å²) in [6, 6.07) is 2.09. The molecule has 0 atom stereocenters. The molecule has 1 aromatic rings. The third-order valence-electron chi connectivity index (χ3n) is 2.18. The van der Waals surface area contributed by atoms with Crippen molar-refractivity contribution in [3.05, 3.63) is 16.8 Å². The zero-order chi connectivity index (χ0) is 9.80. The smallest absolute Gasteiger partial charge is 0.317 e. The van der Waals surface area contributed by atoms with E-state index in [2.05, 4.69) is 16.0 Å². The van der Waals surface area contributed by atoms with Crippen LogP contribution in [0.15, 0.2) is 16.8 Å². The lowest BCUT2D eigenvalue weighted by Gasteiger charge is -2.14. The first kappa shape index (κ1) is 9.33. The highest BCUT2D eigenvalue weighted by Crippen LogP contribution is 2.11. The molecule has 0 unspecified atom stereocenters. The summed E-state index contributed by atoms with van der Waals surface area (Å²) in [4.78, 5) is 13.0. The SMILES string of the molecule is O=C1NCCN1CCNc1ccsc1. The average Bonchev–Trinajstić information content (AvgIpc) is 2.78. The van der Waals surface area contributed by atoms with E-state index in [1.807, 2.05) is 16.3 Å². The molecule has 2 heterocycles. The maximum absolute atomic E-state index is 11.2. The van der Waals surface area contributed by atoms with Crippen molar-refractivity contribution in [3.63, 3.8) is 0 Å². The van der Waals surface area contributed by atoms with Gasteiger partial charge in [0.2, 0.25) is 0 Å². The number of carbonyl (C=O) groups excluding carboxylic acids is 1. The molecule has 2 amide bonds. The van der Waals surface area contributed by atoms with E-state index in [0.717, 1.165) is 31.9 Å². The first-order valence-electron chi connectivity index (χ1n) is 4.65. The summed E-state index contributed by atoms with van der Waals surface area (Å²) in [5.74, 6) is 0. The maximum Gasteiger partial charge on any atom is 0.317 e. The van der Waals surface area contributed by atoms with Gasteiger partial charge in [-0.15, -0.1) is 0 Å². The molecule has 2 rings (SSSR count). The quantitative estimate of drug-likeness (QED) is 0.785. The molecule has 0 spiro atoms. The lowest BCUT2D eigenvalue weighted by molar-refractivity contribution is 0.219. The summed E-state index contributed by atoms with van der Waals surface area (Å²) in [6.07, 6.45) is 0. The molecule has 0 aliphatic carbocycles. The molecular weight excluding hydrogens is 198 g/mol. The Balaban J connectivity index is 1.70. The van der Waals surface area contributed by atoms with Crippen LogP contribution in [0.5, 0.6) is 0 Å². The normalized spacial score (nSPS) is 15.7. The van der Waals surface area contributed by atoms with Crippen LogP contribution in [0, 0.1) is 0 Å². The number of urea groups is 1. The molecule has 1 aromatic heterocycles. The minimum Gasteiger partial charge on any atom is -0.383 e. The summed E-state index contributed by atoms with van der Waals surface area (Å²) >= 11 is 1.67. The topological polar surface area (TPSA) is 44.4 Å². The van der Waals surface area contributed by atoms with Gasteiger partial charge in [-0.25, -0.2) is 4.79 Å². The number of nitrogens with zero attached hydrogens (tertiary/aromatic N) is 1. The molecule has 0 radical (unpaired) electrons. The molecule has 1 fully saturated rings. The van der Waals surface area contributed by atoms with Crippen molar-refractivity contribution in [1.29, 1.82) is 0 Å². The molecule has 5 heteroatoms. The number of carbonyl (C=O) groups is 1. The van der Waals surface area contributed by atoms with Gasteiger partial charge in [0.15, 0.2) is 0 Å². The van der Waals surface area contributed by atoms with E-state index in [-0.39, 0.29) is 6.03 Å². The number of amides is 2. The summed E-state index contributed by atoms with van der Waals surface area (Å²) < 4.78 is 0. The van der Waals surface area contributed by atoms with E-state index in [0.29, 0.717) is 0 Å². The van der Waals surface area contributed by atoms with Crippen LogP contribution in [0.4, 0.5) is 10.5 Å². The molecule has 0 bridgehead atoms. The summed E-state index contributed by atoms with van der Waals surface area (Å²) in [6.45, 7) is 3.17. The average molecular weight is 211 g/mol. The van der Waals surface area contributed by atoms with E-state index in [9.17, 15) is 4.79 Å². The fourth-order valence-electron chi connectivity index (χ4n) is 1.42. The molecule has 76 valence electrons. The Morgan fingerprint density at radius 3 is 3.21 bits per heavy atom. The van der Waals surface area contributed by atoms with Crippen molar-refractivity contribution >= 4 is 23.1 Å². The molecule has 2 N–H and O–H groups in total. The number of hydrogen-bond donors (Lipinski definition) is 2. The lowest BCUT2D eigenvalue weighted by atomic mass is 10.4. The van der Waals surface area contributed by atoms with Gasteiger partial charge in [0, 0.05) is 37.2 Å². The fraction of sp³-hybridized carbons (Fsp3) is 0.444. The van der Waals surface area contributed by atoms with Crippen LogP contribution in [0.25, 0.3) is 0 Å². The van der Waals surface area contributed by atoms with Crippen LogP contribution in [-0.4, -0.2) is 37.1 Å². The molecule has 1 aliphatic heterocycles. The number of anilines is 1. The van der Waals surface area contributed by atoms with Crippen molar-refractivity contribution in [2.24, 2.45) is 0 Å². The lowest BCUT2D eigenvalue weighted by Crippen LogP contribution is -2.32. The molecular formula is C9H13N3OS. The van der Waals surface area contributed by atoms with Gasteiger partial charge >= 0.3 is 6.03 Å². The van der Waals surface area contributed by atoms with Crippen molar-refractivity contribution in [2.45, 2.75) is 0 Å². The van der Waals surface area contributed by atoms with E-state index < -0.39 is 0 Å². The molecule has 1 aliphatic rings. The van der Waals surface area contributed by atoms with Crippen LogP contribution in [0.2, 0.25) is 0 Å². The summed E-state index contributed by atoms with van der Waals surface area (Å²) in [5, 5.41) is 10.1. The zero-order valence-corrected chi connectivity index (χ0v) is 8.64. The largest absolute Gasteiger partial charge is 0.383 e. The van der Waals surface area contributed by atoms with Gasteiger partial charge in [0.25, 0.3) is 0 Å². The second-order valence-electron chi connectivity index (χ2n) is 3.16. The predicted molar refractivity (Wildman–Crippen MR) is 57.8 cm³/mol. The molecule has 0 aromatic carbocycles. The highest BCUT2D eigenvalue weighted by atomic mass is 32.1. The van der Waals surface area contributed by atoms with Crippen molar-refractivity contribution in [1.82, 2.24) is 10.2 Å². The van der Waals surface area contributed by atoms with Gasteiger partial charge in [-0.2, -0.15) is 11.3 Å². The van der Waals surface area contributed by atoms with Crippen LogP contribution in [0.3, 0.4) is 0 Å². The first-order valence-corrected chi connectivity index (χ1v) is 5.59. The second-order valence-corrected chi connectivity index (χ2v) is 3.94. The molecule has 0 saturated carbocycles. The van der Waals surface area contributed by atoms with Crippen LogP contribution in [-0.2, 0) is 0 Å². The maximum atomic E-state index is 11.2. The van der Waals surface area contributed by atoms with Crippen molar-refractivity contribution in [3.8, 4) is 0 Å². The van der Waals surface area contributed by atoms with Gasteiger partial charge < -0.3 is 15.5 Å². The minimum absolute atomic E-state index is 0.0529. The van der Waals surface area contributed by atoms with E-state index >= 15 is 0 Å². The highest BCUT2D eigenvalue weighted by molar-refractivity contribution is 7.08. The first-order chi connectivity index (χ1) is 6.86.